The van der Waals surface area contributed by atoms with E-state index in [0.29, 0.717) is 19.6 Å². The molecule has 0 amide bonds. The van der Waals surface area contributed by atoms with Gasteiger partial charge in [-0.25, -0.2) is 0 Å². The Labute approximate surface area is 146 Å². The molecular weight excluding hydrogens is 322 g/mol. The summed E-state index contributed by atoms with van der Waals surface area (Å²) in [4.78, 5) is 2.42. The molecule has 2 fully saturated rings. The number of benzene rings is 1. The molecule has 0 N–H and O–H groups in total. The Hall–Kier alpha value is -1.11. The van der Waals surface area contributed by atoms with E-state index in [2.05, 4.69) is 29.2 Å². The second-order valence-corrected chi connectivity index (χ2v) is 8.97. The van der Waals surface area contributed by atoms with Crippen LogP contribution in [0.1, 0.15) is 44.1 Å². The van der Waals surface area contributed by atoms with E-state index in [4.69, 9.17) is 0 Å². The van der Waals surface area contributed by atoms with Crippen LogP contribution in [-0.4, -0.2) is 50.3 Å². The van der Waals surface area contributed by atoms with Gasteiger partial charge in [0.1, 0.15) is 0 Å². The molecule has 0 aliphatic carbocycles. The molecule has 2 heterocycles. The maximum atomic E-state index is 12.6. The van der Waals surface area contributed by atoms with Gasteiger partial charge >= 0.3 is 0 Å². The largest absolute Gasteiger partial charge is 0.372 e. The molecule has 134 valence electrons. The highest BCUT2D eigenvalue weighted by molar-refractivity contribution is 7.86. The average Bonchev–Trinajstić information content (AvgIpc) is 2.64. The minimum absolute atomic E-state index is 0.430. The molecule has 2 aliphatic rings. The molecule has 0 atom stereocenters. The van der Waals surface area contributed by atoms with E-state index in [9.17, 15) is 8.42 Å². The zero-order valence-corrected chi connectivity index (χ0v) is 15.5. The molecule has 2 aliphatic heterocycles. The van der Waals surface area contributed by atoms with Crippen LogP contribution in [0.25, 0.3) is 0 Å². The molecule has 24 heavy (non-hydrogen) atoms. The molecule has 0 spiro atoms. The number of piperidine rings is 2. The van der Waals surface area contributed by atoms with Crippen molar-refractivity contribution in [2.45, 2.75) is 45.1 Å². The molecule has 1 aromatic carbocycles. The minimum atomic E-state index is -3.33. The Morgan fingerprint density at radius 2 is 1.42 bits per heavy atom. The molecule has 2 saturated heterocycles. The summed E-state index contributed by atoms with van der Waals surface area (Å²) in [6.45, 7) is 3.99. The lowest BCUT2D eigenvalue weighted by molar-refractivity contribution is 0.314. The first-order valence-electron chi connectivity index (χ1n) is 9.13. The maximum Gasteiger partial charge on any atom is 0.282 e. The molecule has 6 heteroatoms. The molecular formula is C18H29N3O2S. The van der Waals surface area contributed by atoms with Gasteiger partial charge in [-0.05, 0) is 49.8 Å². The maximum absolute atomic E-state index is 12.6. The second kappa shape index (κ2) is 7.85. The Kier molecular flexibility index (Phi) is 5.79. The van der Waals surface area contributed by atoms with Crippen LogP contribution in [0.4, 0.5) is 5.69 Å². The number of hydrogen-bond donors (Lipinski definition) is 0. The lowest BCUT2D eigenvalue weighted by atomic mass is 10.1. The van der Waals surface area contributed by atoms with E-state index >= 15 is 0 Å². The summed E-state index contributed by atoms with van der Waals surface area (Å²) in [5.41, 5.74) is 2.29. The minimum Gasteiger partial charge on any atom is -0.372 e. The second-order valence-electron chi connectivity index (χ2n) is 6.94. The van der Waals surface area contributed by atoms with Crippen LogP contribution >= 0.6 is 0 Å². The zero-order chi connectivity index (χ0) is 17.0. The third-order valence-electron chi connectivity index (χ3n) is 5.10. The van der Waals surface area contributed by atoms with Crippen molar-refractivity contribution in [3.63, 3.8) is 0 Å². The Morgan fingerprint density at radius 3 is 2.00 bits per heavy atom. The Bertz CT molecular complexity index is 618. The number of hydrogen-bond acceptors (Lipinski definition) is 3. The summed E-state index contributed by atoms with van der Waals surface area (Å²) in [5.74, 6) is 0. The SMILES string of the molecule is CN(Cc1ccc(N2CCCCC2)cc1)S(=O)(=O)N1CCCCC1. The number of rotatable bonds is 5. The highest BCUT2D eigenvalue weighted by Crippen LogP contribution is 2.22. The molecule has 1 aromatic rings. The quantitative estimate of drug-likeness (QED) is 0.819. The lowest BCUT2D eigenvalue weighted by Gasteiger charge is -2.30. The fourth-order valence-electron chi connectivity index (χ4n) is 3.60. The van der Waals surface area contributed by atoms with Crippen molar-refractivity contribution in [3.05, 3.63) is 29.8 Å². The fraction of sp³-hybridized carbons (Fsp3) is 0.667. The van der Waals surface area contributed by atoms with Crippen LogP contribution in [0, 0.1) is 0 Å². The van der Waals surface area contributed by atoms with Crippen LogP contribution in [0.2, 0.25) is 0 Å². The summed E-state index contributed by atoms with van der Waals surface area (Å²) in [5, 5.41) is 0. The van der Waals surface area contributed by atoms with Gasteiger partial charge in [0.2, 0.25) is 0 Å². The number of nitrogens with zero attached hydrogens (tertiary/aromatic N) is 3. The van der Waals surface area contributed by atoms with Crippen molar-refractivity contribution >= 4 is 15.9 Å². The fourth-order valence-corrected chi connectivity index (χ4v) is 5.02. The van der Waals surface area contributed by atoms with Gasteiger partial charge in [0.05, 0.1) is 0 Å². The monoisotopic (exact) mass is 351 g/mol. The van der Waals surface area contributed by atoms with E-state index in [1.807, 2.05) is 0 Å². The van der Waals surface area contributed by atoms with Crippen molar-refractivity contribution < 1.29 is 8.42 Å². The molecule has 0 bridgehead atoms. The van der Waals surface area contributed by atoms with Gasteiger partial charge in [0.15, 0.2) is 0 Å². The van der Waals surface area contributed by atoms with Crippen LogP contribution in [-0.2, 0) is 16.8 Å². The van der Waals surface area contributed by atoms with Crippen molar-refractivity contribution in [2.24, 2.45) is 0 Å². The highest BCUT2D eigenvalue weighted by atomic mass is 32.2. The lowest BCUT2D eigenvalue weighted by Crippen LogP contribution is -2.44. The van der Waals surface area contributed by atoms with E-state index < -0.39 is 10.2 Å². The van der Waals surface area contributed by atoms with Gasteiger partial charge in [-0.15, -0.1) is 0 Å². The van der Waals surface area contributed by atoms with Crippen molar-refractivity contribution in [1.29, 1.82) is 0 Å². The van der Waals surface area contributed by atoms with Gasteiger partial charge in [-0.2, -0.15) is 17.0 Å². The molecule has 0 saturated carbocycles. The van der Waals surface area contributed by atoms with Gasteiger partial charge in [0.25, 0.3) is 10.2 Å². The first kappa shape index (κ1) is 17.7. The average molecular weight is 352 g/mol. The third kappa shape index (κ3) is 4.10. The normalized spacial score (nSPS) is 20.5. The van der Waals surface area contributed by atoms with Crippen LogP contribution in [0.5, 0.6) is 0 Å². The molecule has 5 nitrogen and oxygen atoms in total. The van der Waals surface area contributed by atoms with Crippen molar-refractivity contribution in [2.75, 3.05) is 38.1 Å². The van der Waals surface area contributed by atoms with Crippen molar-refractivity contribution in [1.82, 2.24) is 8.61 Å². The van der Waals surface area contributed by atoms with E-state index in [-0.39, 0.29) is 0 Å². The molecule has 0 aromatic heterocycles. The Balaban J connectivity index is 1.62. The topological polar surface area (TPSA) is 43.9 Å². The van der Waals surface area contributed by atoms with Crippen LogP contribution in [0.3, 0.4) is 0 Å². The zero-order valence-electron chi connectivity index (χ0n) is 14.7. The molecule has 0 unspecified atom stereocenters. The number of anilines is 1. The van der Waals surface area contributed by atoms with Gasteiger partial charge in [-0.3, -0.25) is 0 Å². The van der Waals surface area contributed by atoms with E-state index in [1.54, 1.807) is 11.4 Å². The first-order chi connectivity index (χ1) is 11.6. The van der Waals surface area contributed by atoms with Gasteiger partial charge in [0, 0.05) is 45.5 Å². The van der Waals surface area contributed by atoms with E-state index in [1.165, 1.54) is 29.3 Å². The van der Waals surface area contributed by atoms with E-state index in [0.717, 1.165) is 37.9 Å². The predicted molar refractivity (Wildman–Crippen MR) is 98.3 cm³/mol. The Morgan fingerprint density at radius 1 is 0.875 bits per heavy atom. The highest BCUT2D eigenvalue weighted by Gasteiger charge is 2.28. The molecule has 3 rings (SSSR count). The van der Waals surface area contributed by atoms with Crippen LogP contribution < -0.4 is 4.90 Å². The summed E-state index contributed by atoms with van der Waals surface area (Å²) < 4.78 is 28.4. The third-order valence-corrected chi connectivity index (χ3v) is 7.03. The van der Waals surface area contributed by atoms with Gasteiger partial charge in [-0.1, -0.05) is 18.6 Å². The summed E-state index contributed by atoms with van der Waals surface area (Å²) in [6.07, 6.45) is 6.92. The predicted octanol–water partition coefficient (Wildman–Crippen LogP) is 2.84. The smallest absolute Gasteiger partial charge is 0.282 e. The molecule has 0 radical (unpaired) electrons. The van der Waals surface area contributed by atoms with Gasteiger partial charge < -0.3 is 4.90 Å². The first-order valence-corrected chi connectivity index (χ1v) is 10.5. The summed E-state index contributed by atoms with van der Waals surface area (Å²) >= 11 is 0. The summed E-state index contributed by atoms with van der Waals surface area (Å²) in [7, 11) is -1.65. The van der Waals surface area contributed by atoms with Crippen LogP contribution in [0.15, 0.2) is 24.3 Å². The van der Waals surface area contributed by atoms with Crippen molar-refractivity contribution in [3.8, 4) is 0 Å². The summed E-state index contributed by atoms with van der Waals surface area (Å²) in [6, 6.07) is 8.38. The standard InChI is InChI=1S/C18H29N3O2S/c1-19(24(22,23)21-14-6-3-7-15-21)16-17-8-10-18(11-9-17)20-12-4-2-5-13-20/h8-11H,2-7,12-16H2,1H3.